The summed E-state index contributed by atoms with van der Waals surface area (Å²) < 4.78 is 4.78. The number of carbonyl (C=O) groups is 1. The minimum atomic E-state index is -0.0661. The number of hydrogen-bond acceptors (Lipinski definition) is 3. The van der Waals surface area contributed by atoms with Crippen LogP contribution in [0.1, 0.15) is 32.1 Å². The second-order valence-electron chi connectivity index (χ2n) is 4.69. The second-order valence-corrected chi connectivity index (χ2v) is 4.69. The molecule has 3 fully saturated rings. The lowest BCUT2D eigenvalue weighted by Crippen LogP contribution is -2.65. The Labute approximate surface area is 90.8 Å². The van der Waals surface area contributed by atoms with E-state index in [1.165, 1.54) is 13.5 Å². The zero-order valence-electron chi connectivity index (χ0n) is 8.54. The summed E-state index contributed by atoms with van der Waals surface area (Å²) >= 11 is 0. The zero-order valence-corrected chi connectivity index (χ0v) is 9.36. The van der Waals surface area contributed by atoms with Crippen LogP contribution in [0.3, 0.4) is 0 Å². The number of methoxy groups -OCH3 is 1. The number of carbonyl (C=O) groups excluding carboxylic acids is 1. The Bertz CT molecular complexity index is 223. The van der Waals surface area contributed by atoms with Gasteiger partial charge in [-0.05, 0) is 44.1 Å². The van der Waals surface area contributed by atoms with E-state index in [4.69, 9.17) is 10.5 Å². The standard InChI is InChI=1S/C10H17NO2.ClH/c1-13-8(12)10-5-9(6-10,7-10)3-2-4-11;/h2-7,11H2,1H3;1H. The zero-order chi connectivity index (χ0) is 9.53. The van der Waals surface area contributed by atoms with Crippen molar-refractivity contribution in [1.82, 2.24) is 0 Å². The van der Waals surface area contributed by atoms with Crippen LogP contribution in [-0.2, 0) is 9.53 Å². The number of nitrogens with two attached hydrogens (primary N) is 1. The normalized spacial score (nSPS) is 37.6. The molecule has 2 bridgehead atoms. The lowest BCUT2D eigenvalue weighted by molar-refractivity contribution is -0.227. The molecule has 0 aromatic rings. The monoisotopic (exact) mass is 219 g/mol. The highest BCUT2D eigenvalue weighted by Gasteiger charge is 2.71. The second kappa shape index (κ2) is 3.70. The Balaban J connectivity index is 0.000000980. The van der Waals surface area contributed by atoms with Crippen molar-refractivity contribution in [2.45, 2.75) is 32.1 Å². The first-order chi connectivity index (χ1) is 6.16. The molecule has 0 spiro atoms. The van der Waals surface area contributed by atoms with E-state index >= 15 is 0 Å². The summed E-state index contributed by atoms with van der Waals surface area (Å²) in [5, 5.41) is 0. The number of esters is 1. The molecule has 0 unspecified atom stereocenters. The Hall–Kier alpha value is -0.280. The minimum Gasteiger partial charge on any atom is -0.469 e. The molecule has 0 radical (unpaired) electrons. The van der Waals surface area contributed by atoms with Crippen molar-refractivity contribution in [3.8, 4) is 0 Å². The molecular weight excluding hydrogens is 202 g/mol. The number of rotatable bonds is 4. The average Bonchev–Trinajstić information content (AvgIpc) is 1.99. The molecule has 2 N–H and O–H groups in total. The van der Waals surface area contributed by atoms with E-state index in [-0.39, 0.29) is 23.8 Å². The summed E-state index contributed by atoms with van der Waals surface area (Å²) in [6, 6.07) is 0. The fourth-order valence-electron chi connectivity index (χ4n) is 3.17. The molecule has 82 valence electrons. The first kappa shape index (κ1) is 11.8. The first-order valence-corrected chi connectivity index (χ1v) is 4.95. The molecule has 3 aliphatic carbocycles. The molecule has 0 aliphatic heterocycles. The van der Waals surface area contributed by atoms with Crippen LogP contribution in [0.15, 0.2) is 0 Å². The molecule has 3 aliphatic rings. The fourth-order valence-corrected chi connectivity index (χ4v) is 3.17. The van der Waals surface area contributed by atoms with Gasteiger partial charge in [0.15, 0.2) is 0 Å². The molecule has 0 atom stereocenters. The highest BCUT2D eigenvalue weighted by atomic mass is 35.5. The summed E-state index contributed by atoms with van der Waals surface area (Å²) in [6.07, 6.45) is 5.44. The van der Waals surface area contributed by atoms with Crippen molar-refractivity contribution in [3.05, 3.63) is 0 Å². The third-order valence-electron chi connectivity index (χ3n) is 3.67. The minimum absolute atomic E-state index is 0. The maximum absolute atomic E-state index is 11.3. The van der Waals surface area contributed by atoms with Crippen molar-refractivity contribution in [1.29, 1.82) is 0 Å². The smallest absolute Gasteiger partial charge is 0.311 e. The lowest BCUT2D eigenvalue weighted by atomic mass is 9.34. The van der Waals surface area contributed by atoms with Gasteiger partial charge in [0.1, 0.15) is 0 Å². The molecule has 4 heteroatoms. The van der Waals surface area contributed by atoms with Crippen molar-refractivity contribution in [2.24, 2.45) is 16.6 Å². The first-order valence-electron chi connectivity index (χ1n) is 4.95. The van der Waals surface area contributed by atoms with Gasteiger partial charge in [-0.2, -0.15) is 0 Å². The van der Waals surface area contributed by atoms with E-state index < -0.39 is 0 Å². The maximum atomic E-state index is 11.3. The van der Waals surface area contributed by atoms with Gasteiger partial charge >= 0.3 is 5.97 Å². The molecule has 0 saturated heterocycles. The van der Waals surface area contributed by atoms with Gasteiger partial charge in [-0.15, -0.1) is 12.4 Å². The third kappa shape index (κ3) is 1.43. The number of hydrogen-bond donors (Lipinski definition) is 1. The fraction of sp³-hybridized carbons (Fsp3) is 0.900. The van der Waals surface area contributed by atoms with E-state index in [1.807, 2.05) is 0 Å². The van der Waals surface area contributed by atoms with Crippen LogP contribution in [0.4, 0.5) is 0 Å². The predicted molar refractivity (Wildman–Crippen MR) is 56.3 cm³/mol. The Kier molecular flexibility index (Phi) is 3.12. The van der Waals surface area contributed by atoms with Gasteiger partial charge in [0, 0.05) is 0 Å². The van der Waals surface area contributed by atoms with Crippen LogP contribution in [0.5, 0.6) is 0 Å². The van der Waals surface area contributed by atoms with Crippen molar-refractivity contribution in [2.75, 3.05) is 13.7 Å². The SMILES string of the molecule is COC(=O)C12CC(CCCN)(C1)C2.Cl. The summed E-state index contributed by atoms with van der Waals surface area (Å²) in [6.45, 7) is 0.771. The molecule has 14 heavy (non-hydrogen) atoms. The molecule has 0 amide bonds. The Morgan fingerprint density at radius 2 is 2.00 bits per heavy atom. The predicted octanol–water partition coefficient (Wildman–Crippen LogP) is 1.49. The van der Waals surface area contributed by atoms with Gasteiger partial charge in [0.2, 0.25) is 0 Å². The molecule has 3 rings (SSSR count). The molecule has 0 aromatic carbocycles. The van der Waals surface area contributed by atoms with Crippen LogP contribution < -0.4 is 5.73 Å². The van der Waals surface area contributed by atoms with Crippen molar-refractivity contribution >= 4 is 18.4 Å². The van der Waals surface area contributed by atoms with Gasteiger partial charge < -0.3 is 10.5 Å². The van der Waals surface area contributed by atoms with E-state index in [2.05, 4.69) is 0 Å². The average molecular weight is 220 g/mol. The molecular formula is C10H18ClNO2. The van der Waals surface area contributed by atoms with Gasteiger partial charge in [-0.1, -0.05) is 0 Å². The highest BCUT2D eigenvalue weighted by molar-refractivity contribution is 5.85. The van der Waals surface area contributed by atoms with Crippen LogP contribution in [0, 0.1) is 10.8 Å². The summed E-state index contributed by atoms with van der Waals surface area (Å²) in [5.41, 5.74) is 5.87. The summed E-state index contributed by atoms with van der Waals surface area (Å²) in [5.74, 6) is 0.00197. The summed E-state index contributed by atoms with van der Waals surface area (Å²) in [4.78, 5) is 11.3. The molecule has 3 saturated carbocycles. The van der Waals surface area contributed by atoms with Crippen LogP contribution in [0.2, 0.25) is 0 Å². The van der Waals surface area contributed by atoms with Gasteiger partial charge in [-0.3, -0.25) is 4.79 Å². The van der Waals surface area contributed by atoms with Crippen LogP contribution in [0.25, 0.3) is 0 Å². The van der Waals surface area contributed by atoms with E-state index in [0.717, 1.165) is 32.2 Å². The topological polar surface area (TPSA) is 52.3 Å². The van der Waals surface area contributed by atoms with Gasteiger partial charge in [0.25, 0.3) is 0 Å². The number of halogens is 1. The quantitative estimate of drug-likeness (QED) is 0.729. The highest BCUT2D eigenvalue weighted by Crippen LogP contribution is 2.75. The molecule has 0 aromatic heterocycles. The molecule has 0 heterocycles. The third-order valence-corrected chi connectivity index (χ3v) is 3.67. The van der Waals surface area contributed by atoms with Crippen molar-refractivity contribution in [3.63, 3.8) is 0 Å². The van der Waals surface area contributed by atoms with E-state index in [1.54, 1.807) is 0 Å². The summed E-state index contributed by atoms with van der Waals surface area (Å²) in [7, 11) is 1.48. The Morgan fingerprint density at radius 1 is 1.43 bits per heavy atom. The van der Waals surface area contributed by atoms with Crippen LogP contribution in [-0.4, -0.2) is 19.6 Å². The number of ether oxygens (including phenoxy) is 1. The largest absolute Gasteiger partial charge is 0.469 e. The van der Waals surface area contributed by atoms with E-state index in [9.17, 15) is 4.79 Å². The maximum Gasteiger partial charge on any atom is 0.311 e. The van der Waals surface area contributed by atoms with Crippen LogP contribution >= 0.6 is 12.4 Å². The Morgan fingerprint density at radius 3 is 2.43 bits per heavy atom. The van der Waals surface area contributed by atoms with Gasteiger partial charge in [0.05, 0.1) is 12.5 Å². The van der Waals surface area contributed by atoms with Crippen molar-refractivity contribution < 1.29 is 9.53 Å². The lowest BCUT2D eigenvalue weighted by Gasteiger charge is -2.69. The van der Waals surface area contributed by atoms with Gasteiger partial charge in [-0.25, -0.2) is 0 Å². The molecule has 3 nitrogen and oxygen atoms in total. The van der Waals surface area contributed by atoms with E-state index in [0.29, 0.717) is 5.41 Å².